The number of nitrogen functional groups attached to an aromatic ring is 2. The minimum atomic E-state index is 0.202. The third-order valence-electron chi connectivity index (χ3n) is 3.87. The molecule has 1 aromatic carbocycles. The van der Waals surface area contributed by atoms with Gasteiger partial charge in [-0.3, -0.25) is 0 Å². The van der Waals surface area contributed by atoms with Crippen molar-refractivity contribution in [2.24, 2.45) is 7.05 Å². The summed E-state index contributed by atoms with van der Waals surface area (Å²) in [5.41, 5.74) is 14.9. The van der Waals surface area contributed by atoms with E-state index < -0.39 is 0 Å². The summed E-state index contributed by atoms with van der Waals surface area (Å²) >= 11 is 1.77. The molecule has 4 N–H and O–H groups in total. The van der Waals surface area contributed by atoms with Gasteiger partial charge in [-0.1, -0.05) is 0 Å². The average molecular weight is 309 g/mol. The van der Waals surface area contributed by atoms with Gasteiger partial charge in [0.15, 0.2) is 0 Å². The van der Waals surface area contributed by atoms with Crippen molar-refractivity contribution in [3.05, 3.63) is 35.3 Å². The maximum Gasteiger partial charge on any atom is 0.222 e. The molecule has 0 aliphatic carbocycles. The average Bonchev–Trinajstić information content (AvgIpc) is 3.04. The highest BCUT2D eigenvalue weighted by Gasteiger charge is 2.16. The van der Waals surface area contributed by atoms with Crippen LogP contribution in [0.1, 0.15) is 4.88 Å². The molecule has 0 atom stereocenters. The van der Waals surface area contributed by atoms with E-state index in [2.05, 4.69) is 45.7 Å². The number of aromatic nitrogens is 3. The van der Waals surface area contributed by atoms with E-state index in [0.29, 0.717) is 5.82 Å². The Hall–Kier alpha value is -2.60. The van der Waals surface area contributed by atoms with Crippen LogP contribution in [0.4, 0.5) is 11.8 Å². The quantitative estimate of drug-likeness (QED) is 0.565. The largest absolute Gasteiger partial charge is 0.383 e. The summed E-state index contributed by atoms with van der Waals surface area (Å²) < 4.78 is 2.11. The molecule has 22 heavy (non-hydrogen) atoms. The van der Waals surface area contributed by atoms with E-state index in [1.54, 1.807) is 11.3 Å². The molecule has 6 heteroatoms. The maximum atomic E-state index is 6.09. The van der Waals surface area contributed by atoms with Crippen LogP contribution < -0.4 is 11.5 Å². The van der Waals surface area contributed by atoms with Crippen LogP contribution in [0.3, 0.4) is 0 Å². The fraction of sp³-hybridized carbons (Fsp3) is 0.125. The monoisotopic (exact) mass is 309 g/mol. The first-order valence-electron chi connectivity index (χ1n) is 6.92. The number of nitrogens with zero attached hydrogens (tertiary/aromatic N) is 3. The van der Waals surface area contributed by atoms with Crippen molar-refractivity contribution in [3.63, 3.8) is 0 Å². The zero-order valence-electron chi connectivity index (χ0n) is 12.3. The highest BCUT2D eigenvalue weighted by molar-refractivity contribution is 7.15. The summed E-state index contributed by atoms with van der Waals surface area (Å²) in [4.78, 5) is 11.0. The second-order valence-corrected chi connectivity index (χ2v) is 6.67. The van der Waals surface area contributed by atoms with E-state index in [1.165, 1.54) is 9.75 Å². The Labute approximate surface area is 131 Å². The van der Waals surface area contributed by atoms with Gasteiger partial charge in [-0.2, -0.15) is 4.98 Å². The van der Waals surface area contributed by atoms with Crippen LogP contribution >= 0.6 is 11.3 Å². The Balaban J connectivity index is 2.21. The summed E-state index contributed by atoms with van der Waals surface area (Å²) in [7, 11) is 2.03. The fourth-order valence-corrected chi connectivity index (χ4v) is 3.82. The number of hydrogen-bond acceptors (Lipinski definition) is 5. The molecular weight excluding hydrogens is 294 g/mol. The van der Waals surface area contributed by atoms with Crippen molar-refractivity contribution < 1.29 is 0 Å². The van der Waals surface area contributed by atoms with Gasteiger partial charge < -0.3 is 16.0 Å². The first-order chi connectivity index (χ1) is 10.5. The van der Waals surface area contributed by atoms with Crippen LogP contribution in [0.15, 0.2) is 30.5 Å². The molecule has 4 aromatic rings. The van der Waals surface area contributed by atoms with Gasteiger partial charge >= 0.3 is 0 Å². The van der Waals surface area contributed by atoms with Crippen LogP contribution in [0.25, 0.3) is 32.2 Å². The van der Waals surface area contributed by atoms with Crippen molar-refractivity contribution in [2.45, 2.75) is 6.92 Å². The number of fused-ring (bicyclic) bond motifs is 3. The Bertz CT molecular complexity index is 1030. The number of rotatable bonds is 1. The lowest BCUT2D eigenvalue weighted by Crippen LogP contribution is -2.01. The molecule has 5 nitrogen and oxygen atoms in total. The topological polar surface area (TPSA) is 82.8 Å². The van der Waals surface area contributed by atoms with Crippen LogP contribution in [0, 0.1) is 6.92 Å². The van der Waals surface area contributed by atoms with E-state index in [9.17, 15) is 0 Å². The van der Waals surface area contributed by atoms with Gasteiger partial charge in [0.1, 0.15) is 5.82 Å². The van der Waals surface area contributed by atoms with Gasteiger partial charge in [0, 0.05) is 33.9 Å². The van der Waals surface area contributed by atoms with Crippen molar-refractivity contribution in [1.29, 1.82) is 0 Å². The van der Waals surface area contributed by atoms with Crippen LogP contribution in [0.2, 0.25) is 0 Å². The predicted molar refractivity (Wildman–Crippen MR) is 92.9 cm³/mol. The van der Waals surface area contributed by atoms with Crippen LogP contribution in [-0.2, 0) is 7.05 Å². The molecule has 110 valence electrons. The molecule has 0 saturated carbocycles. The molecule has 0 fully saturated rings. The van der Waals surface area contributed by atoms with Gasteiger partial charge in [-0.05, 0) is 31.2 Å². The lowest BCUT2D eigenvalue weighted by molar-refractivity contribution is 0.970. The number of hydrogen-bond donors (Lipinski definition) is 2. The number of benzene rings is 1. The third-order valence-corrected chi connectivity index (χ3v) is 4.90. The number of anilines is 2. The second kappa shape index (κ2) is 4.45. The summed E-state index contributed by atoms with van der Waals surface area (Å²) in [6, 6.07) is 8.37. The molecule has 0 unspecified atom stereocenters. The summed E-state index contributed by atoms with van der Waals surface area (Å²) in [6.45, 7) is 2.11. The molecular formula is C16H15N5S. The zero-order valence-corrected chi connectivity index (χ0v) is 13.1. The first-order valence-corrected chi connectivity index (χ1v) is 7.74. The van der Waals surface area contributed by atoms with Gasteiger partial charge in [-0.15, -0.1) is 11.3 Å². The van der Waals surface area contributed by atoms with Crippen LogP contribution in [0.5, 0.6) is 0 Å². The zero-order chi connectivity index (χ0) is 15.4. The summed E-state index contributed by atoms with van der Waals surface area (Å²) in [5, 5.41) is 1.92. The molecule has 3 aromatic heterocycles. The highest BCUT2D eigenvalue weighted by Crippen LogP contribution is 2.39. The van der Waals surface area contributed by atoms with Crippen molar-refractivity contribution in [1.82, 2.24) is 14.5 Å². The minimum absolute atomic E-state index is 0.202. The second-order valence-electron chi connectivity index (χ2n) is 5.38. The summed E-state index contributed by atoms with van der Waals surface area (Å²) in [6.07, 6.45) is 2.03. The minimum Gasteiger partial charge on any atom is -0.383 e. The van der Waals surface area contributed by atoms with Crippen molar-refractivity contribution >= 4 is 44.9 Å². The van der Waals surface area contributed by atoms with E-state index in [1.807, 2.05) is 13.2 Å². The molecule has 0 amide bonds. The van der Waals surface area contributed by atoms with Gasteiger partial charge in [0.2, 0.25) is 5.95 Å². The van der Waals surface area contributed by atoms with Gasteiger partial charge in [-0.25, -0.2) is 4.98 Å². The van der Waals surface area contributed by atoms with Gasteiger partial charge in [0.25, 0.3) is 0 Å². The predicted octanol–water partition coefficient (Wildman–Crippen LogP) is 3.32. The van der Waals surface area contributed by atoms with E-state index in [-0.39, 0.29) is 5.95 Å². The molecule has 0 saturated heterocycles. The number of aryl methyl sites for hydroxylation is 2. The maximum absolute atomic E-state index is 6.09. The molecule has 0 aliphatic rings. The molecule has 0 bridgehead atoms. The summed E-state index contributed by atoms with van der Waals surface area (Å²) in [5.74, 6) is 0.626. The van der Waals surface area contributed by atoms with E-state index in [4.69, 9.17) is 11.5 Å². The molecule has 3 heterocycles. The molecule has 4 rings (SSSR count). The Morgan fingerprint density at radius 3 is 2.68 bits per heavy atom. The SMILES string of the molecule is Cc1ccc(-c2cc3nc(N)nc(N)c3c3ccn(C)c23)s1. The smallest absolute Gasteiger partial charge is 0.222 e. The highest BCUT2D eigenvalue weighted by atomic mass is 32.1. The number of nitrogens with two attached hydrogens (primary N) is 2. The van der Waals surface area contributed by atoms with Crippen molar-refractivity contribution in [2.75, 3.05) is 11.5 Å². The van der Waals surface area contributed by atoms with Gasteiger partial charge in [0.05, 0.1) is 16.4 Å². The first kappa shape index (κ1) is 13.1. The van der Waals surface area contributed by atoms with E-state index >= 15 is 0 Å². The Morgan fingerprint density at radius 1 is 1.14 bits per heavy atom. The van der Waals surface area contributed by atoms with Crippen LogP contribution in [-0.4, -0.2) is 14.5 Å². The van der Waals surface area contributed by atoms with E-state index in [0.717, 1.165) is 27.4 Å². The number of thiophene rings is 1. The third kappa shape index (κ3) is 1.77. The lowest BCUT2D eigenvalue weighted by atomic mass is 10.0. The molecule has 0 radical (unpaired) electrons. The van der Waals surface area contributed by atoms with Crippen molar-refractivity contribution in [3.8, 4) is 10.4 Å². The lowest BCUT2D eigenvalue weighted by Gasteiger charge is -2.09. The normalized spacial score (nSPS) is 11.5. The fourth-order valence-electron chi connectivity index (χ4n) is 2.93. The molecule has 0 aliphatic heterocycles. The molecule has 0 spiro atoms. The standard InChI is InChI=1S/C16H15N5S/c1-8-3-4-12(22-8)10-7-11-13(15(17)20-16(18)19-11)9-5-6-21(2)14(9)10/h3-7H,1-2H3,(H4,17,18,19,20). The Kier molecular flexibility index (Phi) is 2.65. The Morgan fingerprint density at radius 2 is 1.95 bits per heavy atom.